The fourth-order valence-corrected chi connectivity index (χ4v) is 2.86. The van der Waals surface area contributed by atoms with Crippen LogP contribution in [0.4, 0.5) is 0 Å². The third-order valence-corrected chi connectivity index (χ3v) is 4.17. The van der Waals surface area contributed by atoms with Gasteiger partial charge < -0.3 is 14.2 Å². The third kappa shape index (κ3) is 3.26. The maximum atomic E-state index is 12.2. The van der Waals surface area contributed by atoms with Crippen LogP contribution in [0.15, 0.2) is 24.3 Å². The van der Waals surface area contributed by atoms with Crippen molar-refractivity contribution in [3.63, 3.8) is 0 Å². The second kappa shape index (κ2) is 6.85. The molecule has 1 aliphatic rings. The number of esters is 1. The van der Waals surface area contributed by atoms with Gasteiger partial charge in [-0.2, -0.15) is 0 Å². The van der Waals surface area contributed by atoms with Crippen molar-refractivity contribution < 1.29 is 19.0 Å². The van der Waals surface area contributed by atoms with Crippen LogP contribution in [0.1, 0.15) is 22.5 Å². The zero-order valence-corrected chi connectivity index (χ0v) is 13.0. The van der Waals surface area contributed by atoms with Crippen LogP contribution >= 0.6 is 11.5 Å². The van der Waals surface area contributed by atoms with Gasteiger partial charge >= 0.3 is 5.97 Å². The van der Waals surface area contributed by atoms with Gasteiger partial charge in [0.2, 0.25) is 0 Å². The first-order valence-electron chi connectivity index (χ1n) is 7.03. The fourth-order valence-electron chi connectivity index (χ4n) is 2.27. The molecule has 0 unspecified atom stereocenters. The molecule has 1 fully saturated rings. The summed E-state index contributed by atoms with van der Waals surface area (Å²) >= 11 is 1.04. The van der Waals surface area contributed by atoms with Crippen molar-refractivity contribution >= 4 is 17.5 Å². The van der Waals surface area contributed by atoms with Crippen molar-refractivity contribution in [3.8, 4) is 17.0 Å². The molecule has 116 valence electrons. The van der Waals surface area contributed by atoms with Crippen LogP contribution < -0.4 is 4.74 Å². The maximum absolute atomic E-state index is 12.2. The van der Waals surface area contributed by atoms with Crippen LogP contribution in [0, 0.1) is 0 Å². The molecule has 3 rings (SSSR count). The molecule has 6 nitrogen and oxygen atoms in total. The second-order valence-electron chi connectivity index (χ2n) is 4.91. The van der Waals surface area contributed by atoms with E-state index in [1.807, 2.05) is 24.3 Å². The van der Waals surface area contributed by atoms with Crippen LogP contribution in [0.3, 0.4) is 0 Å². The standard InChI is InChI=1S/C15H16N2O4S/c1-19-11-6-4-10(5-7-11)13-14(22-17-16-13)15(18)21-9-12-3-2-8-20-12/h4-7,12H,2-3,8-9H2,1H3/t12-/m1/s1. The molecule has 1 aromatic carbocycles. The van der Waals surface area contributed by atoms with Crippen LogP contribution in [0.2, 0.25) is 0 Å². The summed E-state index contributed by atoms with van der Waals surface area (Å²) in [7, 11) is 1.60. The molecule has 2 aromatic rings. The Bertz CT molecular complexity index is 635. The van der Waals surface area contributed by atoms with Crippen LogP contribution in [-0.4, -0.2) is 42.0 Å². The quantitative estimate of drug-likeness (QED) is 0.789. The lowest BCUT2D eigenvalue weighted by Gasteiger charge is -2.09. The Hall–Kier alpha value is -1.99. The van der Waals surface area contributed by atoms with E-state index in [0.717, 1.165) is 42.3 Å². The Labute approximate surface area is 132 Å². The molecule has 0 saturated carbocycles. The first kappa shape index (κ1) is 14.9. The zero-order valence-electron chi connectivity index (χ0n) is 12.2. The number of methoxy groups -OCH3 is 1. The maximum Gasteiger partial charge on any atom is 0.352 e. The molecule has 1 aromatic heterocycles. The summed E-state index contributed by atoms with van der Waals surface area (Å²) in [5.74, 6) is 0.339. The van der Waals surface area contributed by atoms with E-state index in [1.165, 1.54) is 0 Å². The minimum absolute atomic E-state index is 0.00858. The summed E-state index contributed by atoms with van der Waals surface area (Å²) in [5.41, 5.74) is 1.34. The summed E-state index contributed by atoms with van der Waals surface area (Å²) in [6, 6.07) is 7.31. The van der Waals surface area contributed by atoms with Gasteiger partial charge in [0.05, 0.1) is 13.2 Å². The summed E-state index contributed by atoms with van der Waals surface area (Å²) < 4.78 is 19.8. The number of ether oxygens (including phenoxy) is 3. The molecular weight excluding hydrogens is 304 g/mol. The highest BCUT2D eigenvalue weighted by atomic mass is 32.1. The first-order valence-corrected chi connectivity index (χ1v) is 7.81. The molecule has 1 aliphatic heterocycles. The molecule has 0 N–H and O–H groups in total. The molecule has 1 saturated heterocycles. The van der Waals surface area contributed by atoms with Gasteiger partial charge in [-0.25, -0.2) is 4.79 Å². The van der Waals surface area contributed by atoms with Gasteiger partial charge in [0.25, 0.3) is 0 Å². The van der Waals surface area contributed by atoms with Crippen molar-refractivity contribution in [1.82, 2.24) is 9.59 Å². The largest absolute Gasteiger partial charge is 0.497 e. The Balaban J connectivity index is 1.71. The van der Waals surface area contributed by atoms with E-state index in [4.69, 9.17) is 14.2 Å². The van der Waals surface area contributed by atoms with Crippen molar-refractivity contribution in [2.24, 2.45) is 0 Å². The van der Waals surface area contributed by atoms with Gasteiger partial charge in [0.15, 0.2) is 4.88 Å². The number of hydrogen-bond acceptors (Lipinski definition) is 7. The van der Waals surface area contributed by atoms with Crippen molar-refractivity contribution in [2.75, 3.05) is 20.3 Å². The van der Waals surface area contributed by atoms with Crippen LogP contribution in [0.5, 0.6) is 5.75 Å². The topological polar surface area (TPSA) is 70.5 Å². The number of carbonyl (C=O) groups is 1. The predicted octanol–water partition coefficient (Wildman–Crippen LogP) is 2.55. The van der Waals surface area contributed by atoms with E-state index in [0.29, 0.717) is 10.6 Å². The molecule has 0 spiro atoms. The van der Waals surface area contributed by atoms with Gasteiger partial charge in [-0.05, 0) is 48.6 Å². The lowest BCUT2D eigenvalue weighted by Crippen LogP contribution is -2.17. The van der Waals surface area contributed by atoms with E-state index in [9.17, 15) is 4.79 Å². The van der Waals surface area contributed by atoms with Gasteiger partial charge in [0, 0.05) is 12.2 Å². The summed E-state index contributed by atoms with van der Waals surface area (Å²) in [5, 5.41) is 4.04. The summed E-state index contributed by atoms with van der Waals surface area (Å²) in [4.78, 5) is 12.6. The Morgan fingerprint density at radius 2 is 2.23 bits per heavy atom. The molecule has 0 aliphatic carbocycles. The summed E-state index contributed by atoms with van der Waals surface area (Å²) in [6.07, 6.45) is 1.95. The second-order valence-corrected chi connectivity index (χ2v) is 5.67. The van der Waals surface area contributed by atoms with Crippen LogP contribution in [0.25, 0.3) is 11.3 Å². The number of carbonyl (C=O) groups excluding carboxylic acids is 1. The van der Waals surface area contributed by atoms with E-state index in [1.54, 1.807) is 7.11 Å². The SMILES string of the molecule is COc1ccc(-c2nnsc2C(=O)OC[C@H]2CCCO2)cc1. The number of benzene rings is 1. The van der Waals surface area contributed by atoms with E-state index in [2.05, 4.69) is 9.59 Å². The normalized spacial score (nSPS) is 17.4. The van der Waals surface area contributed by atoms with E-state index >= 15 is 0 Å². The third-order valence-electron chi connectivity index (χ3n) is 3.46. The number of hydrogen-bond donors (Lipinski definition) is 0. The van der Waals surface area contributed by atoms with Crippen molar-refractivity contribution in [3.05, 3.63) is 29.1 Å². The monoisotopic (exact) mass is 320 g/mol. The van der Waals surface area contributed by atoms with E-state index < -0.39 is 5.97 Å². The zero-order chi connectivity index (χ0) is 15.4. The molecule has 0 radical (unpaired) electrons. The van der Waals surface area contributed by atoms with Gasteiger partial charge in [-0.1, -0.05) is 4.49 Å². The average Bonchev–Trinajstić information content (AvgIpc) is 3.24. The highest BCUT2D eigenvalue weighted by Crippen LogP contribution is 2.26. The van der Waals surface area contributed by atoms with Crippen molar-refractivity contribution in [1.29, 1.82) is 0 Å². The molecule has 0 bridgehead atoms. The molecule has 22 heavy (non-hydrogen) atoms. The lowest BCUT2D eigenvalue weighted by molar-refractivity contribution is 0.0166. The van der Waals surface area contributed by atoms with Gasteiger partial charge in [0.1, 0.15) is 18.1 Å². The number of rotatable bonds is 5. The Morgan fingerprint density at radius 1 is 1.41 bits per heavy atom. The molecular formula is C15H16N2O4S. The Kier molecular flexibility index (Phi) is 4.65. The smallest absolute Gasteiger partial charge is 0.352 e. The van der Waals surface area contributed by atoms with Gasteiger partial charge in [-0.15, -0.1) is 5.10 Å². The number of nitrogens with zero attached hydrogens (tertiary/aromatic N) is 2. The molecule has 2 heterocycles. The molecule has 1 atom stereocenters. The average molecular weight is 320 g/mol. The number of aromatic nitrogens is 2. The molecule has 0 amide bonds. The summed E-state index contributed by atoms with van der Waals surface area (Å²) in [6.45, 7) is 1.01. The first-order chi connectivity index (χ1) is 10.8. The fraction of sp³-hybridized carbons (Fsp3) is 0.400. The lowest BCUT2D eigenvalue weighted by atomic mass is 10.1. The molecule has 7 heteroatoms. The highest BCUT2D eigenvalue weighted by molar-refractivity contribution is 7.08. The van der Waals surface area contributed by atoms with E-state index in [-0.39, 0.29) is 12.7 Å². The van der Waals surface area contributed by atoms with Crippen LogP contribution in [-0.2, 0) is 9.47 Å². The highest BCUT2D eigenvalue weighted by Gasteiger charge is 2.22. The Morgan fingerprint density at radius 3 is 2.91 bits per heavy atom. The minimum atomic E-state index is -0.406. The predicted molar refractivity (Wildman–Crippen MR) is 81.2 cm³/mol. The minimum Gasteiger partial charge on any atom is -0.497 e. The van der Waals surface area contributed by atoms with Gasteiger partial charge in [-0.3, -0.25) is 0 Å². The van der Waals surface area contributed by atoms with Crippen molar-refractivity contribution in [2.45, 2.75) is 18.9 Å².